The number of anilines is 1. The lowest BCUT2D eigenvalue weighted by Crippen LogP contribution is -2.39. The van der Waals surface area contributed by atoms with Crippen LogP contribution in [0.5, 0.6) is 0 Å². The van der Waals surface area contributed by atoms with Crippen LogP contribution < -0.4 is 11.1 Å². The van der Waals surface area contributed by atoms with E-state index in [1.165, 1.54) is 4.90 Å². The molecule has 0 fully saturated rings. The number of halogens is 1. The Labute approximate surface area is 125 Å². The highest BCUT2D eigenvalue weighted by Gasteiger charge is 2.18. The van der Waals surface area contributed by atoms with Crippen LogP contribution in [0.3, 0.4) is 0 Å². The van der Waals surface area contributed by atoms with Gasteiger partial charge in [0.15, 0.2) is 0 Å². The van der Waals surface area contributed by atoms with Crippen LogP contribution in [0.25, 0.3) is 0 Å². The molecule has 3 N–H and O–H groups in total. The van der Waals surface area contributed by atoms with E-state index in [1.54, 1.807) is 14.0 Å². The molecule has 0 spiro atoms. The number of nitrogens with one attached hydrogen (secondary N) is 1. The third kappa shape index (κ3) is 5.59. The fourth-order valence-corrected chi connectivity index (χ4v) is 1.61. The van der Waals surface area contributed by atoms with Crippen molar-refractivity contribution in [2.75, 3.05) is 25.5 Å². The average Bonchev–Trinajstić information content (AvgIpc) is 2.39. The van der Waals surface area contributed by atoms with Crippen LogP contribution in [-0.2, 0) is 9.59 Å². The summed E-state index contributed by atoms with van der Waals surface area (Å²) in [6.45, 7) is 4.03. The molecule has 0 aromatic heterocycles. The smallest absolute Gasteiger partial charge is 0.243 e. The number of hydrogen-bond acceptors (Lipinski definition) is 3. The Morgan fingerprint density at radius 3 is 2.35 bits per heavy atom. The summed E-state index contributed by atoms with van der Waals surface area (Å²) in [5.41, 5.74) is 7.28. The van der Waals surface area contributed by atoms with E-state index in [0.29, 0.717) is 0 Å². The van der Waals surface area contributed by atoms with Gasteiger partial charge in [0.1, 0.15) is 0 Å². The minimum atomic E-state index is -0.267. The van der Waals surface area contributed by atoms with E-state index < -0.39 is 0 Å². The molecule has 0 bridgehead atoms. The second-order valence-electron chi connectivity index (χ2n) is 4.75. The third-order valence-corrected chi connectivity index (χ3v) is 2.87. The summed E-state index contributed by atoms with van der Waals surface area (Å²) in [4.78, 5) is 24.9. The van der Waals surface area contributed by atoms with E-state index in [-0.39, 0.29) is 43.2 Å². The largest absolute Gasteiger partial charge is 0.336 e. The van der Waals surface area contributed by atoms with E-state index in [9.17, 15) is 9.59 Å². The van der Waals surface area contributed by atoms with E-state index in [1.807, 2.05) is 31.2 Å². The Kier molecular flexibility index (Phi) is 7.87. The van der Waals surface area contributed by atoms with Gasteiger partial charge in [0.25, 0.3) is 0 Å². The number of aryl methyl sites for hydroxylation is 1. The molecular formula is C14H22ClN3O2. The Bertz CT molecular complexity index is 448. The molecule has 112 valence electrons. The van der Waals surface area contributed by atoms with Crippen molar-refractivity contribution in [3.8, 4) is 0 Å². The Morgan fingerprint density at radius 2 is 1.85 bits per heavy atom. The lowest BCUT2D eigenvalue weighted by atomic mass is 10.1. The standard InChI is InChI=1S/C14H21N3O2.ClH/c1-10-4-6-12(7-5-10)16-13(18)9-17(3)14(19)11(2)8-15;/h4-7,11H,8-9,15H2,1-3H3,(H,16,18);1H. The predicted molar refractivity (Wildman–Crippen MR) is 82.9 cm³/mol. The van der Waals surface area contributed by atoms with Gasteiger partial charge >= 0.3 is 0 Å². The summed E-state index contributed by atoms with van der Waals surface area (Å²) in [6.07, 6.45) is 0. The van der Waals surface area contributed by atoms with Gasteiger partial charge in [-0.3, -0.25) is 9.59 Å². The van der Waals surface area contributed by atoms with Gasteiger partial charge in [0.2, 0.25) is 11.8 Å². The number of carbonyl (C=O) groups excluding carboxylic acids is 2. The van der Waals surface area contributed by atoms with Crippen LogP contribution in [0.2, 0.25) is 0 Å². The number of likely N-dealkylation sites (N-methyl/N-ethyl adjacent to an activating group) is 1. The van der Waals surface area contributed by atoms with Gasteiger partial charge in [-0.2, -0.15) is 0 Å². The molecule has 0 aliphatic carbocycles. The van der Waals surface area contributed by atoms with Crippen LogP contribution in [0.15, 0.2) is 24.3 Å². The maximum absolute atomic E-state index is 11.8. The zero-order valence-corrected chi connectivity index (χ0v) is 12.9. The number of nitrogens with zero attached hydrogens (tertiary/aromatic N) is 1. The Morgan fingerprint density at radius 1 is 1.30 bits per heavy atom. The summed E-state index contributed by atoms with van der Waals surface area (Å²) >= 11 is 0. The van der Waals surface area contributed by atoms with Crippen LogP contribution in [0, 0.1) is 12.8 Å². The molecule has 0 heterocycles. The lowest BCUT2D eigenvalue weighted by molar-refractivity contribution is -0.136. The Hall–Kier alpha value is -1.59. The average molecular weight is 300 g/mol. The van der Waals surface area contributed by atoms with E-state index >= 15 is 0 Å². The molecule has 0 radical (unpaired) electrons. The monoisotopic (exact) mass is 299 g/mol. The second kappa shape index (κ2) is 8.55. The SMILES string of the molecule is Cc1ccc(NC(=O)CN(C)C(=O)C(C)CN)cc1.Cl. The first kappa shape index (κ1) is 18.4. The van der Waals surface area contributed by atoms with Crippen molar-refractivity contribution in [2.24, 2.45) is 11.7 Å². The van der Waals surface area contributed by atoms with Gasteiger partial charge in [-0.1, -0.05) is 24.6 Å². The van der Waals surface area contributed by atoms with Crippen LogP contribution in [0.1, 0.15) is 12.5 Å². The molecule has 6 heteroatoms. The minimum absolute atomic E-state index is 0. The van der Waals surface area contributed by atoms with E-state index in [2.05, 4.69) is 5.32 Å². The fourth-order valence-electron chi connectivity index (χ4n) is 1.61. The topological polar surface area (TPSA) is 75.4 Å². The van der Waals surface area contributed by atoms with Gasteiger partial charge in [0.05, 0.1) is 6.54 Å². The summed E-state index contributed by atoms with van der Waals surface area (Å²) in [5, 5.41) is 2.75. The quantitative estimate of drug-likeness (QED) is 0.863. The number of amides is 2. The number of nitrogens with two attached hydrogens (primary N) is 1. The zero-order valence-electron chi connectivity index (χ0n) is 12.1. The molecule has 0 aliphatic heterocycles. The minimum Gasteiger partial charge on any atom is -0.336 e. The second-order valence-corrected chi connectivity index (χ2v) is 4.75. The number of carbonyl (C=O) groups is 2. The third-order valence-electron chi connectivity index (χ3n) is 2.87. The van der Waals surface area contributed by atoms with Gasteiger partial charge in [-0.05, 0) is 19.1 Å². The molecule has 0 saturated heterocycles. The van der Waals surface area contributed by atoms with Crippen molar-refractivity contribution < 1.29 is 9.59 Å². The molecule has 1 unspecified atom stereocenters. The highest BCUT2D eigenvalue weighted by Crippen LogP contribution is 2.08. The molecule has 1 rings (SSSR count). The first-order valence-electron chi connectivity index (χ1n) is 6.25. The van der Waals surface area contributed by atoms with Gasteiger partial charge < -0.3 is 16.0 Å². The van der Waals surface area contributed by atoms with Crippen LogP contribution >= 0.6 is 12.4 Å². The zero-order chi connectivity index (χ0) is 14.4. The molecule has 1 atom stereocenters. The first-order chi connectivity index (χ1) is 8.93. The first-order valence-corrected chi connectivity index (χ1v) is 6.25. The van der Waals surface area contributed by atoms with Crippen LogP contribution in [-0.4, -0.2) is 36.9 Å². The molecule has 0 saturated carbocycles. The lowest BCUT2D eigenvalue weighted by Gasteiger charge is -2.20. The molecule has 20 heavy (non-hydrogen) atoms. The highest BCUT2D eigenvalue weighted by molar-refractivity contribution is 5.94. The molecule has 2 amide bonds. The van der Waals surface area contributed by atoms with Crippen molar-refractivity contribution in [1.29, 1.82) is 0 Å². The van der Waals surface area contributed by atoms with Crippen molar-refractivity contribution in [3.63, 3.8) is 0 Å². The van der Waals surface area contributed by atoms with Gasteiger partial charge in [0, 0.05) is 25.2 Å². The highest BCUT2D eigenvalue weighted by atomic mass is 35.5. The summed E-state index contributed by atoms with van der Waals surface area (Å²) in [5.74, 6) is -0.609. The molecule has 0 aliphatic rings. The normalized spacial score (nSPS) is 11.2. The fraction of sp³-hybridized carbons (Fsp3) is 0.429. The van der Waals surface area contributed by atoms with Crippen molar-refractivity contribution in [2.45, 2.75) is 13.8 Å². The van der Waals surface area contributed by atoms with Crippen molar-refractivity contribution in [3.05, 3.63) is 29.8 Å². The number of benzene rings is 1. The summed E-state index contributed by atoms with van der Waals surface area (Å²) in [7, 11) is 1.60. The number of hydrogen-bond donors (Lipinski definition) is 2. The van der Waals surface area contributed by atoms with Gasteiger partial charge in [-0.25, -0.2) is 0 Å². The Balaban J connectivity index is 0.00000361. The molecule has 1 aromatic rings. The summed E-state index contributed by atoms with van der Waals surface area (Å²) < 4.78 is 0. The molecule has 5 nitrogen and oxygen atoms in total. The number of rotatable bonds is 5. The van der Waals surface area contributed by atoms with Crippen molar-refractivity contribution >= 4 is 29.9 Å². The van der Waals surface area contributed by atoms with Gasteiger partial charge in [-0.15, -0.1) is 12.4 Å². The van der Waals surface area contributed by atoms with Crippen molar-refractivity contribution in [1.82, 2.24) is 4.90 Å². The maximum atomic E-state index is 11.8. The maximum Gasteiger partial charge on any atom is 0.243 e. The van der Waals surface area contributed by atoms with Crippen LogP contribution in [0.4, 0.5) is 5.69 Å². The molecule has 1 aromatic carbocycles. The van der Waals surface area contributed by atoms with E-state index in [4.69, 9.17) is 5.73 Å². The van der Waals surface area contributed by atoms with E-state index in [0.717, 1.165) is 11.3 Å². The predicted octanol–water partition coefficient (Wildman–Crippen LogP) is 1.41. The molecular weight excluding hydrogens is 278 g/mol. The summed E-state index contributed by atoms with van der Waals surface area (Å²) in [6, 6.07) is 7.50.